The fraction of sp³-hybridized carbons (Fsp3) is 0.615. The topological polar surface area (TPSA) is 33.5 Å². The molecule has 1 amide bonds. The van der Waals surface area contributed by atoms with Gasteiger partial charge >= 0.3 is 0 Å². The van der Waals surface area contributed by atoms with Crippen LogP contribution in [-0.4, -0.2) is 23.4 Å². The van der Waals surface area contributed by atoms with Gasteiger partial charge in [0.1, 0.15) is 0 Å². The van der Waals surface area contributed by atoms with Crippen molar-refractivity contribution in [3.05, 3.63) is 23.7 Å². The average Bonchev–Trinajstić information content (AvgIpc) is 2.74. The fourth-order valence-corrected chi connectivity index (χ4v) is 2.41. The van der Waals surface area contributed by atoms with Crippen LogP contribution in [0.3, 0.4) is 0 Å². The molecule has 3 nitrogen and oxygen atoms in total. The number of nitrogens with zero attached hydrogens (tertiary/aromatic N) is 1. The van der Waals surface area contributed by atoms with Crippen molar-refractivity contribution in [2.24, 2.45) is 0 Å². The summed E-state index contributed by atoms with van der Waals surface area (Å²) in [6, 6.07) is 2.24. The van der Waals surface area contributed by atoms with Crippen LogP contribution in [0.25, 0.3) is 0 Å². The molecular formula is C13H19NO2. The van der Waals surface area contributed by atoms with Crippen molar-refractivity contribution in [2.45, 2.75) is 45.6 Å². The van der Waals surface area contributed by atoms with Gasteiger partial charge in [0, 0.05) is 18.2 Å². The van der Waals surface area contributed by atoms with Crippen LogP contribution in [0.15, 0.2) is 16.7 Å². The molecule has 2 rings (SSSR count). The van der Waals surface area contributed by atoms with E-state index in [1.807, 2.05) is 17.9 Å². The molecule has 0 bridgehead atoms. The van der Waals surface area contributed by atoms with Crippen LogP contribution < -0.4 is 0 Å². The van der Waals surface area contributed by atoms with Gasteiger partial charge in [0.25, 0.3) is 5.91 Å². The van der Waals surface area contributed by atoms with Crippen LogP contribution in [-0.2, 0) is 0 Å². The molecule has 2 heterocycles. The van der Waals surface area contributed by atoms with Gasteiger partial charge in [-0.1, -0.05) is 6.92 Å². The van der Waals surface area contributed by atoms with Gasteiger partial charge in [-0.3, -0.25) is 4.79 Å². The molecular weight excluding hydrogens is 202 g/mol. The lowest BCUT2D eigenvalue weighted by Crippen LogP contribution is -2.43. The molecule has 88 valence electrons. The Bertz CT molecular complexity index is 370. The van der Waals surface area contributed by atoms with Crippen LogP contribution in [0.5, 0.6) is 0 Å². The first-order valence-corrected chi connectivity index (χ1v) is 6.09. The van der Waals surface area contributed by atoms with E-state index in [2.05, 4.69) is 6.92 Å². The van der Waals surface area contributed by atoms with E-state index in [0.29, 0.717) is 11.8 Å². The van der Waals surface area contributed by atoms with E-state index in [0.717, 1.165) is 31.4 Å². The molecule has 16 heavy (non-hydrogen) atoms. The minimum absolute atomic E-state index is 0.0639. The summed E-state index contributed by atoms with van der Waals surface area (Å²) in [6.45, 7) is 4.93. The number of carbonyl (C=O) groups excluding carboxylic acids is 1. The number of aryl methyl sites for hydroxylation is 1. The summed E-state index contributed by atoms with van der Waals surface area (Å²) in [4.78, 5) is 14.3. The van der Waals surface area contributed by atoms with Crippen molar-refractivity contribution in [1.82, 2.24) is 4.90 Å². The zero-order valence-electron chi connectivity index (χ0n) is 10.0. The number of hydrogen-bond acceptors (Lipinski definition) is 2. The molecule has 1 aromatic heterocycles. The first-order valence-electron chi connectivity index (χ1n) is 6.09. The Morgan fingerprint density at radius 3 is 3.00 bits per heavy atom. The van der Waals surface area contributed by atoms with E-state index in [-0.39, 0.29) is 5.91 Å². The average molecular weight is 221 g/mol. The van der Waals surface area contributed by atoms with Crippen LogP contribution >= 0.6 is 0 Å². The molecule has 1 unspecified atom stereocenters. The van der Waals surface area contributed by atoms with Crippen molar-refractivity contribution in [3.8, 4) is 0 Å². The number of amides is 1. The van der Waals surface area contributed by atoms with Crippen LogP contribution in [0, 0.1) is 6.92 Å². The van der Waals surface area contributed by atoms with Crippen molar-refractivity contribution < 1.29 is 9.21 Å². The highest BCUT2D eigenvalue weighted by atomic mass is 16.3. The van der Waals surface area contributed by atoms with Gasteiger partial charge in [-0.05, 0) is 38.7 Å². The third-order valence-corrected chi connectivity index (χ3v) is 3.42. The fourth-order valence-electron chi connectivity index (χ4n) is 2.41. The second kappa shape index (κ2) is 4.73. The Balaban J connectivity index is 2.17. The molecule has 1 aliphatic heterocycles. The molecule has 0 aliphatic carbocycles. The van der Waals surface area contributed by atoms with E-state index < -0.39 is 0 Å². The number of piperidine rings is 1. The van der Waals surface area contributed by atoms with Crippen LogP contribution in [0.1, 0.15) is 48.7 Å². The van der Waals surface area contributed by atoms with Gasteiger partial charge in [0.15, 0.2) is 5.76 Å². The lowest BCUT2D eigenvalue weighted by Gasteiger charge is -2.34. The smallest absolute Gasteiger partial charge is 0.290 e. The summed E-state index contributed by atoms with van der Waals surface area (Å²) in [5.74, 6) is 0.578. The minimum atomic E-state index is 0.0639. The third kappa shape index (κ3) is 1.99. The van der Waals surface area contributed by atoms with Gasteiger partial charge in [0.05, 0.1) is 6.26 Å². The molecule has 0 saturated carbocycles. The maximum absolute atomic E-state index is 12.3. The van der Waals surface area contributed by atoms with E-state index in [1.54, 1.807) is 6.26 Å². The molecule has 1 aromatic rings. The Hall–Kier alpha value is -1.25. The van der Waals surface area contributed by atoms with E-state index >= 15 is 0 Å². The van der Waals surface area contributed by atoms with Crippen molar-refractivity contribution >= 4 is 5.91 Å². The van der Waals surface area contributed by atoms with Gasteiger partial charge < -0.3 is 9.32 Å². The first-order chi connectivity index (χ1) is 7.74. The summed E-state index contributed by atoms with van der Waals surface area (Å²) < 4.78 is 5.28. The lowest BCUT2D eigenvalue weighted by molar-refractivity contribution is 0.0574. The predicted molar refractivity (Wildman–Crippen MR) is 62.4 cm³/mol. The molecule has 0 aromatic carbocycles. The van der Waals surface area contributed by atoms with E-state index in [9.17, 15) is 4.79 Å². The lowest BCUT2D eigenvalue weighted by atomic mass is 9.99. The summed E-state index contributed by atoms with van der Waals surface area (Å²) in [5, 5.41) is 0. The predicted octanol–water partition coefficient (Wildman–Crippen LogP) is 2.99. The molecule has 1 aliphatic rings. The summed E-state index contributed by atoms with van der Waals surface area (Å²) in [7, 11) is 0. The highest BCUT2D eigenvalue weighted by molar-refractivity contribution is 5.93. The van der Waals surface area contributed by atoms with Gasteiger partial charge in [-0.25, -0.2) is 0 Å². The highest BCUT2D eigenvalue weighted by Gasteiger charge is 2.28. The largest absolute Gasteiger partial charge is 0.459 e. The number of carbonyl (C=O) groups is 1. The maximum atomic E-state index is 12.3. The number of likely N-dealkylation sites (tertiary alicyclic amines) is 1. The minimum Gasteiger partial charge on any atom is -0.459 e. The van der Waals surface area contributed by atoms with Gasteiger partial charge in [0.2, 0.25) is 0 Å². The SMILES string of the molecule is CCC1CCCCN1C(=O)c1occc1C. The Kier molecular flexibility index (Phi) is 3.32. The van der Waals surface area contributed by atoms with Gasteiger partial charge in [-0.15, -0.1) is 0 Å². The van der Waals surface area contributed by atoms with Crippen LogP contribution in [0.2, 0.25) is 0 Å². The number of rotatable bonds is 2. The van der Waals surface area contributed by atoms with Crippen LogP contribution in [0.4, 0.5) is 0 Å². The quantitative estimate of drug-likeness (QED) is 0.769. The monoisotopic (exact) mass is 221 g/mol. The molecule has 0 N–H and O–H groups in total. The number of furan rings is 1. The second-order valence-corrected chi connectivity index (χ2v) is 4.49. The van der Waals surface area contributed by atoms with Crippen molar-refractivity contribution in [3.63, 3.8) is 0 Å². The molecule has 1 fully saturated rings. The first kappa shape index (κ1) is 11.2. The standard InChI is InChI=1S/C13H19NO2/c1-3-11-6-4-5-8-14(11)13(15)12-10(2)7-9-16-12/h7,9,11H,3-6,8H2,1-2H3. The normalized spacial score (nSPS) is 21.1. The van der Waals surface area contributed by atoms with Crippen molar-refractivity contribution in [1.29, 1.82) is 0 Å². The Morgan fingerprint density at radius 2 is 2.38 bits per heavy atom. The summed E-state index contributed by atoms with van der Waals surface area (Å²) >= 11 is 0. The summed E-state index contributed by atoms with van der Waals surface area (Å²) in [6.07, 6.45) is 6.10. The Morgan fingerprint density at radius 1 is 1.56 bits per heavy atom. The molecule has 1 saturated heterocycles. The van der Waals surface area contributed by atoms with E-state index in [1.165, 1.54) is 6.42 Å². The second-order valence-electron chi connectivity index (χ2n) is 4.49. The highest BCUT2D eigenvalue weighted by Crippen LogP contribution is 2.23. The molecule has 0 radical (unpaired) electrons. The molecule has 1 atom stereocenters. The molecule has 3 heteroatoms. The van der Waals surface area contributed by atoms with E-state index in [4.69, 9.17) is 4.42 Å². The number of hydrogen-bond donors (Lipinski definition) is 0. The van der Waals surface area contributed by atoms with Gasteiger partial charge in [-0.2, -0.15) is 0 Å². The zero-order chi connectivity index (χ0) is 11.5. The molecule has 0 spiro atoms. The maximum Gasteiger partial charge on any atom is 0.290 e. The zero-order valence-corrected chi connectivity index (χ0v) is 10.0. The summed E-state index contributed by atoms with van der Waals surface area (Å²) in [5.41, 5.74) is 0.936. The third-order valence-electron chi connectivity index (χ3n) is 3.42. The Labute approximate surface area is 96.4 Å². The van der Waals surface area contributed by atoms with Crippen molar-refractivity contribution in [2.75, 3.05) is 6.54 Å².